The number of nitrogens with zero attached hydrogens (tertiary/aromatic N) is 4. The summed E-state index contributed by atoms with van der Waals surface area (Å²) in [7, 11) is -4.41. The van der Waals surface area contributed by atoms with Crippen LogP contribution in [0.3, 0.4) is 0 Å². The zero-order valence-corrected chi connectivity index (χ0v) is 18.7. The molecule has 1 aromatic rings. The highest BCUT2D eigenvalue weighted by molar-refractivity contribution is 7.89. The standard InChI is InChI=1S/C18H27FN4O5S2/c1-20(2)30(27,28)22-12-10-21(11-13-22)18(24)15-4-3-9-23(14-15)29(25,26)17-7-5-16(19)6-8-17/h5-8,15H,3-4,9-14H2,1-2H3. The average molecular weight is 463 g/mol. The minimum atomic E-state index is -3.81. The van der Waals surface area contributed by atoms with Crippen molar-refractivity contribution in [2.75, 3.05) is 53.4 Å². The Morgan fingerprint density at radius 3 is 2.13 bits per heavy atom. The van der Waals surface area contributed by atoms with Gasteiger partial charge in [-0.3, -0.25) is 4.79 Å². The molecule has 0 radical (unpaired) electrons. The van der Waals surface area contributed by atoms with E-state index in [9.17, 15) is 26.0 Å². The predicted molar refractivity (Wildman–Crippen MR) is 109 cm³/mol. The maximum atomic E-state index is 13.1. The fraction of sp³-hybridized carbons (Fsp3) is 0.611. The number of benzene rings is 1. The van der Waals surface area contributed by atoms with E-state index >= 15 is 0 Å². The van der Waals surface area contributed by atoms with Crippen molar-refractivity contribution in [3.63, 3.8) is 0 Å². The lowest BCUT2D eigenvalue weighted by atomic mass is 9.98. The molecule has 2 fully saturated rings. The monoisotopic (exact) mass is 462 g/mol. The molecule has 9 nitrogen and oxygen atoms in total. The third-order valence-corrected chi connectivity index (χ3v) is 9.34. The number of carbonyl (C=O) groups excluding carboxylic acids is 1. The Labute approximate surface area is 177 Å². The summed E-state index contributed by atoms with van der Waals surface area (Å²) < 4.78 is 67.1. The summed E-state index contributed by atoms with van der Waals surface area (Å²) in [5.74, 6) is -1.15. The summed E-state index contributed by atoms with van der Waals surface area (Å²) in [4.78, 5) is 14.6. The lowest BCUT2D eigenvalue weighted by molar-refractivity contribution is -0.137. The molecule has 0 spiro atoms. The molecule has 0 aliphatic carbocycles. The molecule has 2 saturated heterocycles. The van der Waals surface area contributed by atoms with Gasteiger partial charge in [-0.1, -0.05) is 0 Å². The van der Waals surface area contributed by atoms with Crippen molar-refractivity contribution < 1.29 is 26.0 Å². The van der Waals surface area contributed by atoms with Crippen LogP contribution in [0.4, 0.5) is 4.39 Å². The van der Waals surface area contributed by atoms with Crippen LogP contribution in [0, 0.1) is 11.7 Å². The third kappa shape index (κ3) is 4.67. The van der Waals surface area contributed by atoms with Crippen LogP contribution in [-0.4, -0.2) is 93.9 Å². The van der Waals surface area contributed by atoms with Gasteiger partial charge in [0.1, 0.15) is 5.82 Å². The third-order valence-electron chi connectivity index (χ3n) is 5.52. The summed E-state index contributed by atoms with van der Waals surface area (Å²) in [5, 5.41) is 0. The Hall–Kier alpha value is -1.60. The zero-order valence-electron chi connectivity index (χ0n) is 17.1. The summed E-state index contributed by atoms with van der Waals surface area (Å²) in [6.07, 6.45) is 1.12. The zero-order chi connectivity index (χ0) is 22.1. The molecule has 0 aromatic heterocycles. The van der Waals surface area contributed by atoms with E-state index in [2.05, 4.69) is 0 Å². The van der Waals surface area contributed by atoms with Crippen LogP contribution >= 0.6 is 0 Å². The van der Waals surface area contributed by atoms with Crippen LogP contribution in [-0.2, 0) is 25.0 Å². The molecular weight excluding hydrogens is 435 g/mol. The minimum absolute atomic E-state index is 0.000458. The summed E-state index contributed by atoms with van der Waals surface area (Å²) in [6, 6.07) is 4.64. The van der Waals surface area contributed by atoms with Gasteiger partial charge in [0, 0.05) is 53.4 Å². The number of hydrogen-bond donors (Lipinski definition) is 0. The molecule has 3 rings (SSSR count). The van der Waals surface area contributed by atoms with E-state index in [1.807, 2.05) is 0 Å². The van der Waals surface area contributed by atoms with E-state index in [-0.39, 0.29) is 43.5 Å². The van der Waals surface area contributed by atoms with E-state index in [0.29, 0.717) is 19.4 Å². The number of piperazine rings is 1. The quantitative estimate of drug-likeness (QED) is 0.622. The molecule has 0 saturated carbocycles. The van der Waals surface area contributed by atoms with E-state index in [1.165, 1.54) is 34.8 Å². The van der Waals surface area contributed by atoms with E-state index in [0.717, 1.165) is 16.4 Å². The van der Waals surface area contributed by atoms with Gasteiger partial charge in [0.25, 0.3) is 10.2 Å². The lowest BCUT2D eigenvalue weighted by Gasteiger charge is -2.38. The number of halogens is 1. The minimum Gasteiger partial charge on any atom is -0.340 e. The van der Waals surface area contributed by atoms with E-state index < -0.39 is 32.0 Å². The SMILES string of the molecule is CN(C)S(=O)(=O)N1CCN(C(=O)C2CCCN(S(=O)(=O)c3ccc(F)cc3)C2)CC1. The number of amides is 1. The van der Waals surface area contributed by atoms with Crippen molar-refractivity contribution in [1.29, 1.82) is 0 Å². The summed E-state index contributed by atoms with van der Waals surface area (Å²) in [5.41, 5.74) is 0. The second-order valence-corrected chi connectivity index (χ2v) is 11.8. The molecule has 1 amide bonds. The van der Waals surface area contributed by atoms with Crippen LogP contribution in [0.5, 0.6) is 0 Å². The van der Waals surface area contributed by atoms with Crippen molar-refractivity contribution in [1.82, 2.24) is 17.8 Å². The normalized spacial score (nSPS) is 22.4. The smallest absolute Gasteiger partial charge is 0.281 e. The highest BCUT2D eigenvalue weighted by Crippen LogP contribution is 2.26. The molecule has 30 heavy (non-hydrogen) atoms. The number of rotatable bonds is 5. The van der Waals surface area contributed by atoms with Gasteiger partial charge in [-0.2, -0.15) is 21.3 Å². The van der Waals surface area contributed by atoms with Gasteiger partial charge in [0.2, 0.25) is 15.9 Å². The Kier molecular flexibility index (Phi) is 6.82. The number of carbonyl (C=O) groups is 1. The maximum absolute atomic E-state index is 13.1. The molecule has 1 unspecified atom stereocenters. The Morgan fingerprint density at radius 2 is 1.57 bits per heavy atom. The molecule has 168 valence electrons. The predicted octanol–water partition coefficient (Wildman–Crippen LogP) is 0.177. The number of hydrogen-bond acceptors (Lipinski definition) is 5. The molecule has 0 N–H and O–H groups in total. The fourth-order valence-corrected chi connectivity index (χ4v) is 6.36. The first-order valence-corrected chi connectivity index (χ1v) is 12.6. The second kappa shape index (κ2) is 8.87. The first-order valence-electron chi connectivity index (χ1n) is 9.75. The molecule has 1 aromatic carbocycles. The van der Waals surface area contributed by atoms with Gasteiger partial charge in [-0.05, 0) is 37.1 Å². The molecule has 2 aliphatic heterocycles. The van der Waals surface area contributed by atoms with Crippen molar-refractivity contribution in [3.8, 4) is 0 Å². The molecular formula is C18H27FN4O5S2. The molecule has 2 heterocycles. The van der Waals surface area contributed by atoms with E-state index in [4.69, 9.17) is 0 Å². The van der Waals surface area contributed by atoms with Crippen molar-refractivity contribution in [2.45, 2.75) is 17.7 Å². The van der Waals surface area contributed by atoms with Crippen LogP contribution < -0.4 is 0 Å². The van der Waals surface area contributed by atoms with Gasteiger partial charge in [0.05, 0.1) is 10.8 Å². The first-order chi connectivity index (χ1) is 14.0. The van der Waals surface area contributed by atoms with E-state index in [1.54, 1.807) is 4.90 Å². The highest BCUT2D eigenvalue weighted by Gasteiger charge is 2.37. The van der Waals surface area contributed by atoms with Crippen LogP contribution in [0.1, 0.15) is 12.8 Å². The van der Waals surface area contributed by atoms with Crippen LogP contribution in [0.25, 0.3) is 0 Å². The van der Waals surface area contributed by atoms with Crippen LogP contribution in [0.2, 0.25) is 0 Å². The van der Waals surface area contributed by atoms with Gasteiger partial charge in [0.15, 0.2) is 0 Å². The molecule has 2 aliphatic rings. The summed E-state index contributed by atoms with van der Waals surface area (Å²) >= 11 is 0. The van der Waals surface area contributed by atoms with Crippen molar-refractivity contribution >= 4 is 26.1 Å². The van der Waals surface area contributed by atoms with Crippen molar-refractivity contribution in [2.24, 2.45) is 5.92 Å². The Balaban J connectivity index is 1.64. The molecule has 0 bridgehead atoms. The second-order valence-electron chi connectivity index (χ2n) is 7.67. The first kappa shape index (κ1) is 23.1. The largest absolute Gasteiger partial charge is 0.340 e. The Morgan fingerprint density at radius 1 is 0.967 bits per heavy atom. The summed E-state index contributed by atoms with van der Waals surface area (Å²) in [6.45, 7) is 1.32. The molecule has 12 heteroatoms. The number of sulfonamides is 1. The highest BCUT2D eigenvalue weighted by atomic mass is 32.2. The average Bonchev–Trinajstić information content (AvgIpc) is 2.73. The topological polar surface area (TPSA) is 98.3 Å². The Bertz CT molecular complexity index is 974. The fourth-order valence-electron chi connectivity index (χ4n) is 3.75. The van der Waals surface area contributed by atoms with Gasteiger partial charge >= 0.3 is 0 Å². The van der Waals surface area contributed by atoms with Gasteiger partial charge in [-0.25, -0.2) is 12.8 Å². The molecule has 1 atom stereocenters. The van der Waals surface area contributed by atoms with Crippen molar-refractivity contribution in [3.05, 3.63) is 30.1 Å². The van der Waals surface area contributed by atoms with Gasteiger partial charge in [-0.15, -0.1) is 0 Å². The maximum Gasteiger partial charge on any atom is 0.281 e. The number of piperidine rings is 1. The van der Waals surface area contributed by atoms with Gasteiger partial charge < -0.3 is 4.90 Å². The lowest BCUT2D eigenvalue weighted by Crippen LogP contribution is -2.55. The van der Waals surface area contributed by atoms with Crippen LogP contribution in [0.15, 0.2) is 29.2 Å².